The lowest BCUT2D eigenvalue weighted by atomic mass is 9.93. The van der Waals surface area contributed by atoms with Crippen LogP contribution in [-0.4, -0.2) is 71.4 Å². The fraction of sp³-hybridized carbons (Fsp3) is 0.537. The molecule has 0 bridgehead atoms. The summed E-state index contributed by atoms with van der Waals surface area (Å²) in [5, 5.41) is 7.84. The van der Waals surface area contributed by atoms with Gasteiger partial charge in [-0.3, -0.25) is 24.3 Å². The average Bonchev–Trinajstić information content (AvgIpc) is 3.61. The number of fused-ring (bicyclic) bond motifs is 1. The molecule has 0 radical (unpaired) electrons. The molecule has 3 aromatic rings. The van der Waals surface area contributed by atoms with Crippen molar-refractivity contribution < 1.29 is 53.1 Å². The molecule has 1 saturated heterocycles. The summed E-state index contributed by atoms with van der Waals surface area (Å²) in [6.07, 6.45) is -4.36. The van der Waals surface area contributed by atoms with Gasteiger partial charge < -0.3 is 28.4 Å². The number of carbonyl (C=O) groups excluding carboxylic acids is 4. The summed E-state index contributed by atoms with van der Waals surface area (Å²) in [6, 6.07) is 15.0. The Morgan fingerprint density at radius 3 is 1.85 bits per heavy atom. The maximum Gasteiger partial charge on any atom is 0.311 e. The van der Waals surface area contributed by atoms with Gasteiger partial charge in [0.1, 0.15) is 12.7 Å². The Labute approximate surface area is 317 Å². The summed E-state index contributed by atoms with van der Waals surface area (Å²) in [5.41, 5.74) is -3.17. The number of esters is 4. The number of rotatable bonds is 9. The molecule has 2 aromatic carbocycles. The maximum absolute atomic E-state index is 13.8. The van der Waals surface area contributed by atoms with Crippen molar-refractivity contribution in [3.63, 3.8) is 0 Å². The summed E-state index contributed by atoms with van der Waals surface area (Å²) in [7, 11) is 0. The van der Waals surface area contributed by atoms with Gasteiger partial charge in [-0.2, -0.15) is 0 Å². The van der Waals surface area contributed by atoms with Gasteiger partial charge in [0.05, 0.1) is 32.6 Å². The van der Waals surface area contributed by atoms with Crippen molar-refractivity contribution in [2.24, 2.45) is 21.7 Å². The van der Waals surface area contributed by atoms with Crippen LogP contribution < -0.4 is 4.74 Å². The number of aromatic nitrogens is 2. The minimum Gasteiger partial charge on any atom is -0.462 e. The van der Waals surface area contributed by atoms with E-state index in [4.69, 9.17) is 33.9 Å². The molecule has 4 rings (SSSR count). The Morgan fingerprint density at radius 2 is 1.26 bits per heavy atom. The van der Waals surface area contributed by atoms with Crippen molar-refractivity contribution in [3.05, 3.63) is 59.7 Å². The highest BCUT2D eigenvalue weighted by atomic mass is 16.7. The molecule has 288 valence electrons. The lowest BCUT2D eigenvalue weighted by Gasteiger charge is -2.45. The topological polar surface area (TPSA) is 152 Å². The molecule has 1 N–H and O–H groups in total. The molecule has 0 spiro atoms. The Hall–Kier alpha value is -4.71. The fourth-order valence-electron chi connectivity index (χ4n) is 4.86. The first-order valence-corrected chi connectivity index (χ1v) is 17.2. The van der Waals surface area contributed by atoms with Crippen LogP contribution in [0, 0.1) is 21.7 Å². The van der Waals surface area contributed by atoms with Crippen molar-refractivity contribution in [2.45, 2.75) is 114 Å². The van der Waals surface area contributed by atoms with E-state index in [1.54, 1.807) is 6.07 Å². The minimum absolute atomic E-state index is 0.00227. The van der Waals surface area contributed by atoms with E-state index in [2.05, 4.69) is 10.2 Å². The van der Waals surface area contributed by atoms with Gasteiger partial charge in [0.25, 0.3) is 0 Å². The SMILES string of the molecule is [2H]CC(C)(C)C(=O)OC[C@H]1OC(Oc2n[nH]c3cccc(/C=C/c4ccccc4)c23)[C@H](OC(=O)C(C)(C)C[2H])[C@@H](OC(=O)C(C)(C)C[2H])[C@@H]1OC(=O)C(C)(C)C[2H]. The number of carbonyl (C=O) groups is 4. The zero-order chi connectivity index (χ0) is 42.3. The highest BCUT2D eigenvalue weighted by Crippen LogP contribution is 2.37. The van der Waals surface area contributed by atoms with Crippen LogP contribution in [0.5, 0.6) is 5.88 Å². The van der Waals surface area contributed by atoms with E-state index in [0.717, 1.165) is 5.56 Å². The third kappa shape index (κ3) is 10.5. The van der Waals surface area contributed by atoms with Crippen LogP contribution in [0.1, 0.15) is 99.6 Å². The summed E-state index contributed by atoms with van der Waals surface area (Å²) in [4.78, 5) is 54.4. The zero-order valence-electron chi connectivity index (χ0n) is 35.7. The Morgan fingerprint density at radius 1 is 0.717 bits per heavy atom. The quantitative estimate of drug-likeness (QED) is 0.134. The van der Waals surface area contributed by atoms with Crippen LogP contribution in [0.2, 0.25) is 0 Å². The second kappa shape index (κ2) is 15.7. The van der Waals surface area contributed by atoms with Gasteiger partial charge in [-0.05, 0) is 100 Å². The molecule has 1 aliphatic rings. The average molecular weight is 739 g/mol. The number of aromatic amines is 1. The fourth-order valence-corrected chi connectivity index (χ4v) is 4.86. The first kappa shape index (κ1) is 35.3. The number of benzene rings is 2. The van der Waals surface area contributed by atoms with Crippen molar-refractivity contribution in [1.29, 1.82) is 0 Å². The van der Waals surface area contributed by atoms with Crippen LogP contribution >= 0.6 is 0 Å². The summed E-state index contributed by atoms with van der Waals surface area (Å²) in [5.74, 6) is -3.46. The smallest absolute Gasteiger partial charge is 0.311 e. The van der Waals surface area contributed by atoms with Gasteiger partial charge in [0.15, 0.2) is 12.2 Å². The molecule has 1 aromatic heterocycles. The van der Waals surface area contributed by atoms with Gasteiger partial charge in [-0.15, -0.1) is 5.10 Å². The molecule has 53 heavy (non-hydrogen) atoms. The predicted molar refractivity (Wildman–Crippen MR) is 199 cm³/mol. The molecule has 0 aliphatic carbocycles. The Kier molecular flexibility index (Phi) is 10.5. The van der Waals surface area contributed by atoms with Crippen molar-refractivity contribution in [2.75, 3.05) is 6.61 Å². The second-order valence-corrected chi connectivity index (χ2v) is 15.9. The summed E-state index contributed by atoms with van der Waals surface area (Å²) < 4.78 is 68.5. The third-order valence-electron chi connectivity index (χ3n) is 7.98. The molecule has 12 heteroatoms. The van der Waals surface area contributed by atoms with E-state index >= 15 is 0 Å². The normalized spacial score (nSPS) is 22.2. The lowest BCUT2D eigenvalue weighted by Crippen LogP contribution is -2.65. The van der Waals surface area contributed by atoms with Crippen LogP contribution in [0.3, 0.4) is 0 Å². The summed E-state index contributed by atoms with van der Waals surface area (Å²) in [6.45, 7) is 9.87. The maximum atomic E-state index is 13.8. The molecule has 1 fully saturated rings. The highest BCUT2D eigenvalue weighted by Gasteiger charge is 2.56. The Bertz CT molecular complexity index is 1910. The molecule has 12 nitrogen and oxygen atoms in total. The van der Waals surface area contributed by atoms with E-state index < -0.39 is 89.7 Å². The molecule has 0 saturated carbocycles. The second-order valence-electron chi connectivity index (χ2n) is 15.9. The predicted octanol–water partition coefficient (Wildman–Crippen LogP) is 7.30. The van der Waals surface area contributed by atoms with Gasteiger partial charge in [-0.1, -0.05) is 54.6 Å². The van der Waals surface area contributed by atoms with Crippen LogP contribution in [0.15, 0.2) is 48.5 Å². The van der Waals surface area contributed by atoms with Crippen molar-refractivity contribution in [1.82, 2.24) is 10.2 Å². The van der Waals surface area contributed by atoms with Gasteiger partial charge >= 0.3 is 23.9 Å². The van der Waals surface area contributed by atoms with E-state index in [-0.39, 0.29) is 26.6 Å². The minimum atomic E-state index is -1.70. The third-order valence-corrected chi connectivity index (χ3v) is 7.98. The molecule has 0 amide bonds. The van der Waals surface area contributed by atoms with E-state index in [1.807, 2.05) is 54.6 Å². The van der Waals surface area contributed by atoms with Gasteiger partial charge in [0.2, 0.25) is 18.3 Å². The lowest BCUT2D eigenvalue weighted by molar-refractivity contribution is -0.294. The molecule has 2 heterocycles. The zero-order valence-corrected chi connectivity index (χ0v) is 31.7. The molecule has 1 unspecified atom stereocenters. The molecule has 5 atom stereocenters. The number of H-pyrrole nitrogens is 1. The number of nitrogens with zero attached hydrogens (tertiary/aromatic N) is 1. The molecular weight excluding hydrogens is 680 g/mol. The van der Waals surface area contributed by atoms with Gasteiger partial charge in [-0.25, -0.2) is 0 Å². The standard InChI is InChI=1S/C41H54N2O10/c1-38(2,3)34(44)48-23-27-29(50-35(45)39(4,5)6)30(51-36(46)40(7,8)9)31(52-37(47)41(10,11)12)33(49-27)53-32-28-25(19-16-20-26(28)42-43-32)22-21-24-17-14-13-15-18-24/h13-22,27,29-31,33H,23H2,1-12H3,(H,42,43)/b22-21+/t27-,29-,30+,31-,33?/m1/s1/i1D,4D,7D,10D. The summed E-state index contributed by atoms with van der Waals surface area (Å²) >= 11 is 0. The largest absolute Gasteiger partial charge is 0.462 e. The number of nitrogens with one attached hydrogen (secondary N) is 1. The van der Waals surface area contributed by atoms with Crippen molar-refractivity contribution >= 4 is 46.9 Å². The monoisotopic (exact) mass is 738 g/mol. The van der Waals surface area contributed by atoms with Crippen LogP contribution in [0.4, 0.5) is 0 Å². The molecule has 1 aliphatic heterocycles. The van der Waals surface area contributed by atoms with Crippen LogP contribution in [-0.2, 0) is 42.9 Å². The van der Waals surface area contributed by atoms with E-state index in [9.17, 15) is 19.2 Å². The number of ether oxygens (including phenoxy) is 6. The van der Waals surface area contributed by atoms with Crippen LogP contribution in [0.25, 0.3) is 23.1 Å². The number of hydrogen-bond donors (Lipinski definition) is 1. The first-order chi connectivity index (χ1) is 26.7. The van der Waals surface area contributed by atoms with Gasteiger partial charge in [0, 0.05) is 5.48 Å². The first-order valence-electron chi connectivity index (χ1n) is 20.0. The highest BCUT2D eigenvalue weighted by molar-refractivity contribution is 5.94. The Balaban J connectivity index is 1.91. The van der Waals surface area contributed by atoms with E-state index in [0.29, 0.717) is 16.5 Å². The number of hydrogen-bond acceptors (Lipinski definition) is 11. The van der Waals surface area contributed by atoms with E-state index in [1.165, 1.54) is 55.4 Å². The van der Waals surface area contributed by atoms with Crippen molar-refractivity contribution in [3.8, 4) is 5.88 Å². The molecular formula is C41H54N2O10.